The third-order valence-corrected chi connectivity index (χ3v) is 6.71. The lowest BCUT2D eigenvalue weighted by Gasteiger charge is -2.14. The number of imide groups is 1. The fourth-order valence-corrected chi connectivity index (χ4v) is 4.74. The smallest absolute Gasteiger partial charge is 0.293 e. The molecule has 3 aromatic rings. The first-order chi connectivity index (χ1) is 17.3. The van der Waals surface area contributed by atoms with Crippen LogP contribution in [-0.4, -0.2) is 28.1 Å². The highest BCUT2D eigenvalue weighted by Crippen LogP contribution is 2.39. The van der Waals surface area contributed by atoms with Crippen molar-refractivity contribution in [1.29, 1.82) is 0 Å². The van der Waals surface area contributed by atoms with Crippen molar-refractivity contribution in [2.45, 2.75) is 20.1 Å². The largest absolute Gasteiger partial charge is 0.493 e. The van der Waals surface area contributed by atoms with Crippen LogP contribution >= 0.6 is 23.4 Å². The molecule has 10 heteroatoms. The van der Waals surface area contributed by atoms with Crippen LogP contribution in [0.2, 0.25) is 5.02 Å². The van der Waals surface area contributed by atoms with Gasteiger partial charge in [-0.3, -0.25) is 24.6 Å². The first-order valence-electron chi connectivity index (χ1n) is 10.8. The first-order valence-corrected chi connectivity index (χ1v) is 12.0. The van der Waals surface area contributed by atoms with Crippen molar-refractivity contribution in [3.05, 3.63) is 103 Å². The van der Waals surface area contributed by atoms with Gasteiger partial charge >= 0.3 is 0 Å². The number of thioether (sulfide) groups is 1. The van der Waals surface area contributed by atoms with Gasteiger partial charge in [0.25, 0.3) is 16.8 Å². The van der Waals surface area contributed by atoms with Crippen molar-refractivity contribution >= 4 is 46.3 Å². The van der Waals surface area contributed by atoms with E-state index in [2.05, 4.69) is 0 Å². The SMILES string of the molecule is COc1cc(/C=C2\SC(=O)N(Cc3ccccc3C)C2=O)cc(Cl)c1OCc1cccc([N+](=O)[O-])c1. The van der Waals surface area contributed by atoms with Gasteiger partial charge in [0.1, 0.15) is 6.61 Å². The van der Waals surface area contributed by atoms with Gasteiger partial charge in [-0.15, -0.1) is 0 Å². The van der Waals surface area contributed by atoms with Crippen LogP contribution in [0.4, 0.5) is 10.5 Å². The van der Waals surface area contributed by atoms with Crippen molar-refractivity contribution in [2.75, 3.05) is 7.11 Å². The van der Waals surface area contributed by atoms with Gasteiger partial charge < -0.3 is 9.47 Å². The van der Waals surface area contributed by atoms with Crippen molar-refractivity contribution in [3.8, 4) is 11.5 Å². The third-order valence-electron chi connectivity index (χ3n) is 5.52. The molecule has 0 unspecified atom stereocenters. The number of carbonyl (C=O) groups excluding carboxylic acids is 2. The number of nitro groups is 1. The zero-order valence-corrected chi connectivity index (χ0v) is 21.0. The van der Waals surface area contributed by atoms with E-state index in [0.717, 1.165) is 22.9 Å². The Balaban J connectivity index is 1.53. The summed E-state index contributed by atoms with van der Waals surface area (Å²) >= 11 is 7.32. The number of benzene rings is 3. The summed E-state index contributed by atoms with van der Waals surface area (Å²) < 4.78 is 11.2. The van der Waals surface area contributed by atoms with Crippen LogP contribution in [0.25, 0.3) is 6.08 Å². The summed E-state index contributed by atoms with van der Waals surface area (Å²) in [5.74, 6) is 0.197. The molecule has 1 heterocycles. The maximum absolute atomic E-state index is 13.0. The molecule has 2 amide bonds. The van der Waals surface area contributed by atoms with E-state index in [-0.39, 0.29) is 45.7 Å². The Morgan fingerprint density at radius 2 is 1.89 bits per heavy atom. The number of rotatable bonds is 8. The van der Waals surface area contributed by atoms with Crippen LogP contribution in [0, 0.1) is 17.0 Å². The monoisotopic (exact) mass is 524 g/mol. The summed E-state index contributed by atoms with van der Waals surface area (Å²) in [5.41, 5.74) is 3.00. The van der Waals surface area contributed by atoms with Crippen LogP contribution < -0.4 is 9.47 Å². The molecular formula is C26H21ClN2O6S. The predicted octanol–water partition coefficient (Wildman–Crippen LogP) is 6.38. The lowest BCUT2D eigenvalue weighted by Crippen LogP contribution is -2.27. The molecule has 4 rings (SSSR count). The van der Waals surface area contributed by atoms with E-state index in [1.807, 2.05) is 31.2 Å². The quantitative estimate of drug-likeness (QED) is 0.191. The Hall–Kier alpha value is -3.82. The molecule has 1 saturated heterocycles. The van der Waals surface area contributed by atoms with Crippen LogP contribution in [0.15, 0.2) is 65.6 Å². The number of methoxy groups -OCH3 is 1. The fraction of sp³-hybridized carbons (Fsp3) is 0.154. The van der Waals surface area contributed by atoms with Crippen LogP contribution in [0.3, 0.4) is 0 Å². The Morgan fingerprint density at radius 1 is 1.11 bits per heavy atom. The van der Waals surface area contributed by atoms with E-state index in [0.29, 0.717) is 16.9 Å². The molecule has 8 nitrogen and oxygen atoms in total. The van der Waals surface area contributed by atoms with Gasteiger partial charge in [-0.05, 0) is 59.1 Å². The normalized spacial score (nSPS) is 14.4. The summed E-state index contributed by atoms with van der Waals surface area (Å²) in [6, 6.07) is 16.9. The second kappa shape index (κ2) is 10.8. The van der Waals surface area contributed by atoms with Crippen LogP contribution in [0.5, 0.6) is 11.5 Å². The minimum Gasteiger partial charge on any atom is -0.493 e. The lowest BCUT2D eigenvalue weighted by atomic mass is 10.1. The van der Waals surface area contributed by atoms with Crippen molar-refractivity contribution in [1.82, 2.24) is 4.90 Å². The molecule has 0 aliphatic carbocycles. The maximum Gasteiger partial charge on any atom is 0.293 e. The molecule has 0 N–H and O–H groups in total. The standard InChI is InChI=1S/C26H21ClN2O6S/c1-16-6-3-4-8-19(16)14-28-25(30)23(36-26(28)31)13-18-11-21(27)24(22(12-18)34-2)35-15-17-7-5-9-20(10-17)29(32)33/h3-13H,14-15H2,1-2H3/b23-13-. The number of hydrogen-bond donors (Lipinski definition) is 0. The van der Waals surface area contributed by atoms with Crippen molar-refractivity contribution in [3.63, 3.8) is 0 Å². The molecule has 3 aromatic carbocycles. The number of ether oxygens (including phenoxy) is 2. The number of nitro benzene ring substituents is 1. The van der Waals surface area contributed by atoms with Gasteiger partial charge in [-0.1, -0.05) is 48.0 Å². The summed E-state index contributed by atoms with van der Waals surface area (Å²) in [5, 5.41) is 10.9. The summed E-state index contributed by atoms with van der Waals surface area (Å²) in [7, 11) is 1.45. The molecule has 0 radical (unpaired) electrons. The van der Waals surface area contributed by atoms with E-state index in [1.165, 1.54) is 24.1 Å². The van der Waals surface area contributed by atoms with Gasteiger partial charge in [0, 0.05) is 12.1 Å². The van der Waals surface area contributed by atoms with Gasteiger partial charge in [-0.25, -0.2) is 0 Å². The van der Waals surface area contributed by atoms with Gasteiger partial charge in [0.15, 0.2) is 11.5 Å². The van der Waals surface area contributed by atoms with Gasteiger partial charge in [0.05, 0.1) is 28.5 Å². The van der Waals surface area contributed by atoms with E-state index < -0.39 is 4.92 Å². The number of halogens is 1. The van der Waals surface area contributed by atoms with E-state index in [9.17, 15) is 19.7 Å². The van der Waals surface area contributed by atoms with E-state index in [1.54, 1.807) is 30.3 Å². The molecule has 0 atom stereocenters. The molecule has 0 saturated carbocycles. The molecular weight excluding hydrogens is 504 g/mol. The highest BCUT2D eigenvalue weighted by atomic mass is 35.5. The molecule has 1 aliphatic rings. The molecule has 0 spiro atoms. The third kappa shape index (κ3) is 5.53. The lowest BCUT2D eigenvalue weighted by molar-refractivity contribution is -0.384. The number of hydrogen-bond acceptors (Lipinski definition) is 7. The van der Waals surface area contributed by atoms with Crippen LogP contribution in [-0.2, 0) is 17.9 Å². The van der Waals surface area contributed by atoms with Crippen LogP contribution in [0.1, 0.15) is 22.3 Å². The van der Waals surface area contributed by atoms with E-state index in [4.69, 9.17) is 21.1 Å². The molecule has 184 valence electrons. The molecule has 36 heavy (non-hydrogen) atoms. The van der Waals surface area contributed by atoms with E-state index >= 15 is 0 Å². The molecule has 1 aliphatic heterocycles. The first kappa shape index (κ1) is 25.3. The zero-order chi connectivity index (χ0) is 25.8. The van der Waals surface area contributed by atoms with Crippen molar-refractivity contribution in [2.24, 2.45) is 0 Å². The predicted molar refractivity (Wildman–Crippen MR) is 138 cm³/mol. The average molecular weight is 525 g/mol. The molecule has 0 bridgehead atoms. The second-order valence-corrected chi connectivity index (χ2v) is 9.34. The Morgan fingerprint density at radius 3 is 2.61 bits per heavy atom. The maximum atomic E-state index is 13.0. The highest BCUT2D eigenvalue weighted by molar-refractivity contribution is 8.18. The second-order valence-electron chi connectivity index (χ2n) is 7.94. The number of non-ortho nitro benzene ring substituents is 1. The molecule has 1 fully saturated rings. The number of aryl methyl sites for hydroxylation is 1. The minimum atomic E-state index is -0.478. The Labute approximate surface area is 216 Å². The summed E-state index contributed by atoms with van der Waals surface area (Å²) in [6.07, 6.45) is 1.58. The Kier molecular flexibility index (Phi) is 7.61. The van der Waals surface area contributed by atoms with Crippen molar-refractivity contribution < 1.29 is 24.0 Å². The Bertz CT molecular complexity index is 1390. The van der Waals surface area contributed by atoms with Gasteiger partial charge in [0.2, 0.25) is 0 Å². The molecule has 0 aromatic heterocycles. The zero-order valence-electron chi connectivity index (χ0n) is 19.4. The topological polar surface area (TPSA) is 99.0 Å². The van der Waals surface area contributed by atoms with Gasteiger partial charge in [-0.2, -0.15) is 0 Å². The number of nitrogens with zero attached hydrogens (tertiary/aromatic N) is 2. The highest BCUT2D eigenvalue weighted by Gasteiger charge is 2.35. The fourth-order valence-electron chi connectivity index (χ4n) is 3.62. The number of amides is 2. The average Bonchev–Trinajstić information content (AvgIpc) is 3.11. The summed E-state index contributed by atoms with van der Waals surface area (Å²) in [6.45, 7) is 2.17. The summed E-state index contributed by atoms with van der Waals surface area (Å²) in [4.78, 5) is 37.5. The minimum absolute atomic E-state index is 0.0366. The number of carbonyl (C=O) groups is 2.